The number of aryl methyl sites for hydroxylation is 3. The fraction of sp³-hybridized carbons (Fsp3) is 0.250. The topological polar surface area (TPSA) is 59.7 Å². The lowest BCUT2D eigenvalue weighted by atomic mass is 9.97. The second-order valence-electron chi connectivity index (χ2n) is 6.02. The van der Waals surface area contributed by atoms with Crippen LogP contribution in [0.4, 0.5) is 0 Å². The Morgan fingerprint density at radius 2 is 1.71 bits per heavy atom. The molecule has 0 unspecified atom stereocenters. The van der Waals surface area contributed by atoms with Crippen LogP contribution in [0.15, 0.2) is 34.7 Å². The van der Waals surface area contributed by atoms with Gasteiger partial charge in [-0.25, -0.2) is 4.79 Å². The van der Waals surface area contributed by atoms with Gasteiger partial charge in [0, 0.05) is 10.9 Å². The van der Waals surface area contributed by atoms with Gasteiger partial charge in [0.1, 0.15) is 29.3 Å². The summed E-state index contributed by atoms with van der Waals surface area (Å²) in [6.45, 7) is 7.91. The summed E-state index contributed by atoms with van der Waals surface area (Å²) < 4.78 is 11.8. The van der Waals surface area contributed by atoms with Gasteiger partial charge >= 0.3 is 5.97 Å². The summed E-state index contributed by atoms with van der Waals surface area (Å²) in [5, 5.41) is 10.2. The van der Waals surface area contributed by atoms with E-state index in [1.54, 1.807) is 6.92 Å². The van der Waals surface area contributed by atoms with Gasteiger partial charge in [-0.15, -0.1) is 0 Å². The first-order valence-corrected chi connectivity index (χ1v) is 7.84. The normalized spacial score (nSPS) is 11.0. The molecule has 0 aliphatic carbocycles. The van der Waals surface area contributed by atoms with E-state index in [4.69, 9.17) is 9.15 Å². The van der Waals surface area contributed by atoms with E-state index in [1.165, 1.54) is 0 Å². The van der Waals surface area contributed by atoms with Gasteiger partial charge in [-0.1, -0.05) is 30.3 Å². The molecular weight excluding hydrogens is 304 g/mol. The molecule has 124 valence electrons. The van der Waals surface area contributed by atoms with E-state index >= 15 is 0 Å². The molecular formula is C20H20O4. The van der Waals surface area contributed by atoms with Gasteiger partial charge in [-0.05, 0) is 44.4 Å². The Hall–Kier alpha value is -2.75. The van der Waals surface area contributed by atoms with Gasteiger partial charge < -0.3 is 14.3 Å². The fourth-order valence-corrected chi connectivity index (χ4v) is 3.11. The summed E-state index contributed by atoms with van der Waals surface area (Å²) in [6.07, 6.45) is 0. The Labute approximate surface area is 140 Å². The maximum Gasteiger partial charge on any atom is 0.339 e. The highest BCUT2D eigenvalue weighted by molar-refractivity contribution is 6.06. The monoisotopic (exact) mass is 324 g/mol. The van der Waals surface area contributed by atoms with Crippen LogP contribution in [-0.4, -0.2) is 11.1 Å². The van der Waals surface area contributed by atoms with Crippen molar-refractivity contribution in [2.24, 2.45) is 0 Å². The molecule has 3 rings (SSSR count). The van der Waals surface area contributed by atoms with Gasteiger partial charge in [0.05, 0.1) is 0 Å². The van der Waals surface area contributed by atoms with E-state index in [-0.39, 0.29) is 5.56 Å². The predicted molar refractivity (Wildman–Crippen MR) is 92.9 cm³/mol. The molecule has 1 N–H and O–H groups in total. The third-order valence-electron chi connectivity index (χ3n) is 4.48. The molecule has 4 nitrogen and oxygen atoms in total. The molecule has 0 saturated heterocycles. The van der Waals surface area contributed by atoms with E-state index in [1.807, 2.05) is 51.1 Å². The molecule has 4 heteroatoms. The van der Waals surface area contributed by atoms with E-state index in [0.717, 1.165) is 28.0 Å². The number of benzene rings is 2. The lowest BCUT2D eigenvalue weighted by Gasteiger charge is -2.15. The summed E-state index contributed by atoms with van der Waals surface area (Å²) in [6, 6.07) is 9.90. The second kappa shape index (κ2) is 6.04. The summed E-state index contributed by atoms with van der Waals surface area (Å²) in [7, 11) is 0. The van der Waals surface area contributed by atoms with Gasteiger partial charge in [0.2, 0.25) is 0 Å². The number of hydrogen-bond donors (Lipinski definition) is 1. The molecule has 0 spiro atoms. The van der Waals surface area contributed by atoms with E-state index in [0.29, 0.717) is 23.3 Å². The summed E-state index contributed by atoms with van der Waals surface area (Å²) >= 11 is 0. The molecule has 3 aromatic rings. The average Bonchev–Trinajstić information content (AvgIpc) is 2.91. The highest BCUT2D eigenvalue weighted by Crippen LogP contribution is 2.39. The third-order valence-corrected chi connectivity index (χ3v) is 4.48. The van der Waals surface area contributed by atoms with Crippen LogP contribution in [-0.2, 0) is 6.61 Å². The Morgan fingerprint density at radius 1 is 1.04 bits per heavy atom. The lowest BCUT2D eigenvalue weighted by Crippen LogP contribution is -2.03. The molecule has 1 heterocycles. The molecule has 0 saturated carbocycles. The van der Waals surface area contributed by atoms with Crippen molar-refractivity contribution in [2.75, 3.05) is 0 Å². The minimum Gasteiger partial charge on any atom is -0.488 e. The Bertz CT molecular complexity index is 920. The number of rotatable bonds is 4. The zero-order valence-corrected chi connectivity index (χ0v) is 14.3. The Balaban J connectivity index is 2.14. The maximum absolute atomic E-state index is 11.6. The van der Waals surface area contributed by atoms with E-state index in [2.05, 4.69) is 0 Å². The lowest BCUT2D eigenvalue weighted by molar-refractivity contribution is 0.0697. The molecule has 0 amide bonds. The van der Waals surface area contributed by atoms with Crippen molar-refractivity contribution < 1.29 is 19.1 Å². The first-order valence-electron chi connectivity index (χ1n) is 7.84. The fourth-order valence-electron chi connectivity index (χ4n) is 3.11. The predicted octanol–water partition coefficient (Wildman–Crippen LogP) is 4.94. The molecule has 0 aliphatic rings. The first-order chi connectivity index (χ1) is 11.4. The van der Waals surface area contributed by atoms with Gasteiger partial charge in [-0.2, -0.15) is 0 Å². The van der Waals surface area contributed by atoms with Crippen LogP contribution in [0.3, 0.4) is 0 Å². The van der Waals surface area contributed by atoms with Crippen molar-refractivity contribution >= 4 is 16.9 Å². The minimum absolute atomic E-state index is 0.218. The van der Waals surface area contributed by atoms with Crippen molar-refractivity contribution in [3.8, 4) is 5.75 Å². The van der Waals surface area contributed by atoms with Crippen LogP contribution in [0.5, 0.6) is 5.75 Å². The second-order valence-corrected chi connectivity index (χ2v) is 6.02. The quantitative estimate of drug-likeness (QED) is 0.738. The molecule has 0 aliphatic heterocycles. The van der Waals surface area contributed by atoms with Crippen LogP contribution >= 0.6 is 0 Å². The van der Waals surface area contributed by atoms with Crippen molar-refractivity contribution in [2.45, 2.75) is 34.3 Å². The van der Waals surface area contributed by atoms with Crippen LogP contribution < -0.4 is 4.74 Å². The molecule has 0 bridgehead atoms. The van der Waals surface area contributed by atoms with Crippen LogP contribution in [0.2, 0.25) is 0 Å². The number of furan rings is 1. The van der Waals surface area contributed by atoms with Crippen molar-refractivity contribution in [1.82, 2.24) is 0 Å². The summed E-state index contributed by atoms with van der Waals surface area (Å²) in [5.74, 6) is 0.169. The number of ether oxygens (including phenoxy) is 1. The number of carboxylic acid groups (broad SMARTS) is 1. The van der Waals surface area contributed by atoms with Gasteiger partial charge in [-0.3, -0.25) is 0 Å². The number of carboxylic acids is 1. The molecule has 1 aromatic heterocycles. The molecule has 0 atom stereocenters. The SMILES string of the molecule is Cc1oc2c(C)c(C)c(OCc3ccccc3)c(C)c2c1C(=O)O. The zero-order valence-electron chi connectivity index (χ0n) is 14.3. The molecule has 2 aromatic carbocycles. The van der Waals surface area contributed by atoms with Crippen molar-refractivity contribution in [3.63, 3.8) is 0 Å². The van der Waals surface area contributed by atoms with Crippen LogP contribution in [0.1, 0.15) is 38.4 Å². The Kier molecular flexibility index (Phi) is 4.06. The Morgan fingerprint density at radius 3 is 2.33 bits per heavy atom. The third kappa shape index (κ3) is 2.54. The summed E-state index contributed by atoms with van der Waals surface area (Å²) in [5.41, 5.74) is 4.60. The number of aromatic carboxylic acids is 1. The van der Waals surface area contributed by atoms with Crippen LogP contribution in [0, 0.1) is 27.7 Å². The number of hydrogen-bond acceptors (Lipinski definition) is 3. The van der Waals surface area contributed by atoms with Crippen molar-refractivity contribution in [1.29, 1.82) is 0 Å². The van der Waals surface area contributed by atoms with Gasteiger partial charge in [0.25, 0.3) is 0 Å². The largest absolute Gasteiger partial charge is 0.488 e. The van der Waals surface area contributed by atoms with E-state index < -0.39 is 5.97 Å². The molecule has 24 heavy (non-hydrogen) atoms. The first kappa shape index (κ1) is 16.1. The number of fused-ring (bicyclic) bond motifs is 1. The average molecular weight is 324 g/mol. The van der Waals surface area contributed by atoms with Gasteiger partial charge in [0.15, 0.2) is 0 Å². The zero-order chi connectivity index (χ0) is 17.4. The molecule has 0 radical (unpaired) electrons. The highest BCUT2D eigenvalue weighted by atomic mass is 16.5. The highest BCUT2D eigenvalue weighted by Gasteiger charge is 2.24. The van der Waals surface area contributed by atoms with Crippen LogP contribution in [0.25, 0.3) is 11.0 Å². The maximum atomic E-state index is 11.6. The van der Waals surface area contributed by atoms with E-state index in [9.17, 15) is 9.90 Å². The molecule has 0 fully saturated rings. The minimum atomic E-state index is -0.980. The smallest absolute Gasteiger partial charge is 0.339 e. The number of carbonyl (C=O) groups is 1. The summed E-state index contributed by atoms with van der Waals surface area (Å²) in [4.78, 5) is 11.6. The van der Waals surface area contributed by atoms with Crippen molar-refractivity contribution in [3.05, 3.63) is 63.9 Å². The standard InChI is InChI=1S/C20H20O4/c1-11-12(2)19-16(17(20(21)22)14(4)24-19)13(3)18(11)23-10-15-8-6-5-7-9-15/h5-9H,10H2,1-4H3,(H,21,22).